The molecule has 0 unspecified atom stereocenters. The van der Waals surface area contributed by atoms with Crippen LogP contribution in [-0.4, -0.2) is 21.4 Å². The van der Waals surface area contributed by atoms with Gasteiger partial charge in [0.15, 0.2) is 0 Å². The van der Waals surface area contributed by atoms with Crippen molar-refractivity contribution in [1.29, 1.82) is 0 Å². The summed E-state index contributed by atoms with van der Waals surface area (Å²) in [5, 5.41) is 2.47. The standard InChI is InChI=1S/C16H17FN2O4S/c1-10-8-13(23-3)5-7-16(10)24(21,22)19-15-9-12(18-11(2)20)4-6-14(15)17/h4-9,19H,1-3H3,(H,18,20). The van der Waals surface area contributed by atoms with E-state index in [1.165, 1.54) is 38.3 Å². The zero-order valence-electron chi connectivity index (χ0n) is 13.4. The Hall–Kier alpha value is -2.61. The summed E-state index contributed by atoms with van der Waals surface area (Å²) in [7, 11) is -2.52. The highest BCUT2D eigenvalue weighted by Gasteiger charge is 2.19. The maximum atomic E-state index is 13.9. The van der Waals surface area contributed by atoms with E-state index < -0.39 is 15.8 Å². The maximum Gasteiger partial charge on any atom is 0.262 e. The number of amides is 1. The molecule has 0 aliphatic carbocycles. The summed E-state index contributed by atoms with van der Waals surface area (Å²) in [5.74, 6) is -0.578. The van der Waals surface area contributed by atoms with Crippen LogP contribution in [0, 0.1) is 12.7 Å². The van der Waals surface area contributed by atoms with Crippen molar-refractivity contribution in [1.82, 2.24) is 0 Å². The van der Waals surface area contributed by atoms with Crippen LogP contribution in [0.25, 0.3) is 0 Å². The molecule has 0 fully saturated rings. The Morgan fingerprint density at radius 2 is 1.88 bits per heavy atom. The maximum absolute atomic E-state index is 13.9. The Morgan fingerprint density at radius 1 is 1.17 bits per heavy atom. The van der Waals surface area contributed by atoms with Gasteiger partial charge in [-0.1, -0.05) is 0 Å². The number of hydrogen-bond acceptors (Lipinski definition) is 4. The summed E-state index contributed by atoms with van der Waals surface area (Å²) in [6, 6.07) is 8.08. The van der Waals surface area contributed by atoms with Gasteiger partial charge < -0.3 is 10.1 Å². The van der Waals surface area contributed by atoms with Gasteiger partial charge in [-0.05, 0) is 48.9 Å². The lowest BCUT2D eigenvalue weighted by Gasteiger charge is -2.13. The van der Waals surface area contributed by atoms with E-state index in [1.807, 2.05) is 0 Å². The minimum Gasteiger partial charge on any atom is -0.497 e. The fourth-order valence-electron chi connectivity index (χ4n) is 2.13. The summed E-state index contributed by atoms with van der Waals surface area (Å²) in [5.41, 5.74) is 0.491. The zero-order valence-corrected chi connectivity index (χ0v) is 14.2. The predicted molar refractivity (Wildman–Crippen MR) is 89.2 cm³/mol. The van der Waals surface area contributed by atoms with Crippen molar-refractivity contribution >= 4 is 27.3 Å². The minimum atomic E-state index is -3.99. The number of nitrogens with one attached hydrogen (secondary N) is 2. The van der Waals surface area contributed by atoms with Crippen molar-refractivity contribution in [3.8, 4) is 5.75 Å². The topological polar surface area (TPSA) is 84.5 Å². The minimum absolute atomic E-state index is 0.00706. The van der Waals surface area contributed by atoms with E-state index in [4.69, 9.17) is 4.74 Å². The van der Waals surface area contributed by atoms with Crippen LogP contribution in [0.4, 0.5) is 15.8 Å². The molecule has 0 aromatic heterocycles. The van der Waals surface area contributed by atoms with Crippen molar-refractivity contribution < 1.29 is 22.3 Å². The molecule has 0 saturated heterocycles. The Balaban J connectivity index is 2.37. The predicted octanol–water partition coefficient (Wildman–Crippen LogP) is 2.90. The quantitative estimate of drug-likeness (QED) is 0.866. The molecule has 8 heteroatoms. The van der Waals surface area contributed by atoms with Crippen molar-refractivity contribution in [2.24, 2.45) is 0 Å². The van der Waals surface area contributed by atoms with Crippen molar-refractivity contribution in [3.05, 3.63) is 47.8 Å². The number of carbonyl (C=O) groups is 1. The van der Waals surface area contributed by atoms with Crippen molar-refractivity contribution in [2.75, 3.05) is 17.1 Å². The van der Waals surface area contributed by atoms with Crippen LogP contribution in [-0.2, 0) is 14.8 Å². The molecule has 0 atom stereocenters. The summed E-state index contributed by atoms with van der Waals surface area (Å²) in [4.78, 5) is 11.1. The third-order valence-corrected chi connectivity index (χ3v) is 4.73. The molecule has 24 heavy (non-hydrogen) atoms. The van der Waals surface area contributed by atoms with Gasteiger partial charge in [-0.2, -0.15) is 0 Å². The normalized spacial score (nSPS) is 11.0. The summed E-state index contributed by atoms with van der Waals surface area (Å²) in [6.45, 7) is 2.91. The van der Waals surface area contributed by atoms with Crippen LogP contribution < -0.4 is 14.8 Å². The fraction of sp³-hybridized carbons (Fsp3) is 0.188. The highest BCUT2D eigenvalue weighted by molar-refractivity contribution is 7.92. The lowest BCUT2D eigenvalue weighted by atomic mass is 10.2. The van der Waals surface area contributed by atoms with Gasteiger partial charge in [0.2, 0.25) is 5.91 Å². The van der Waals surface area contributed by atoms with E-state index in [0.717, 1.165) is 6.07 Å². The number of methoxy groups -OCH3 is 1. The average Bonchev–Trinajstić information content (AvgIpc) is 2.49. The summed E-state index contributed by atoms with van der Waals surface area (Å²) >= 11 is 0. The number of benzene rings is 2. The van der Waals surface area contributed by atoms with Crippen LogP contribution in [0.2, 0.25) is 0 Å². The van der Waals surface area contributed by atoms with Crippen LogP contribution in [0.1, 0.15) is 12.5 Å². The number of rotatable bonds is 5. The van der Waals surface area contributed by atoms with Gasteiger partial charge in [0.1, 0.15) is 11.6 Å². The van der Waals surface area contributed by atoms with E-state index in [0.29, 0.717) is 11.3 Å². The molecular weight excluding hydrogens is 335 g/mol. The van der Waals surface area contributed by atoms with E-state index in [9.17, 15) is 17.6 Å². The Morgan fingerprint density at radius 3 is 2.46 bits per heavy atom. The molecule has 6 nitrogen and oxygen atoms in total. The van der Waals surface area contributed by atoms with Crippen molar-refractivity contribution in [3.63, 3.8) is 0 Å². The molecule has 0 bridgehead atoms. The van der Waals surface area contributed by atoms with Crippen LogP contribution in [0.15, 0.2) is 41.3 Å². The van der Waals surface area contributed by atoms with E-state index >= 15 is 0 Å². The SMILES string of the molecule is COc1ccc(S(=O)(=O)Nc2cc(NC(C)=O)ccc2F)c(C)c1. The highest BCUT2D eigenvalue weighted by Crippen LogP contribution is 2.26. The van der Waals surface area contributed by atoms with E-state index in [1.54, 1.807) is 13.0 Å². The summed E-state index contributed by atoms with van der Waals surface area (Å²) in [6.07, 6.45) is 0. The number of anilines is 2. The molecule has 2 N–H and O–H groups in total. The molecule has 0 aliphatic rings. The molecule has 0 radical (unpaired) electrons. The lowest BCUT2D eigenvalue weighted by molar-refractivity contribution is -0.114. The lowest BCUT2D eigenvalue weighted by Crippen LogP contribution is -2.16. The molecule has 1 amide bonds. The monoisotopic (exact) mass is 352 g/mol. The number of carbonyl (C=O) groups excluding carboxylic acids is 1. The van der Waals surface area contributed by atoms with Crippen molar-refractivity contribution in [2.45, 2.75) is 18.7 Å². The third-order valence-electron chi connectivity index (χ3n) is 3.20. The van der Waals surface area contributed by atoms with Gasteiger partial charge in [-0.25, -0.2) is 12.8 Å². The Kier molecular flexibility index (Phi) is 5.08. The molecule has 2 aromatic carbocycles. The van der Waals surface area contributed by atoms with Crippen LogP contribution >= 0.6 is 0 Å². The van der Waals surface area contributed by atoms with Crippen LogP contribution in [0.5, 0.6) is 5.75 Å². The van der Waals surface area contributed by atoms with Gasteiger partial charge in [-0.15, -0.1) is 0 Å². The second kappa shape index (κ2) is 6.88. The largest absolute Gasteiger partial charge is 0.497 e. The first kappa shape index (κ1) is 17.7. The first-order chi connectivity index (χ1) is 11.2. The number of ether oxygens (including phenoxy) is 1. The van der Waals surface area contributed by atoms with Gasteiger partial charge in [0.05, 0.1) is 17.7 Å². The molecular formula is C16H17FN2O4S. The Bertz CT molecular complexity index is 882. The number of sulfonamides is 1. The van der Waals surface area contributed by atoms with Gasteiger partial charge in [0.25, 0.3) is 10.0 Å². The third kappa shape index (κ3) is 4.02. The second-order valence-corrected chi connectivity index (χ2v) is 6.76. The number of aryl methyl sites for hydroxylation is 1. The molecule has 0 aliphatic heterocycles. The molecule has 2 rings (SSSR count). The second-order valence-electron chi connectivity index (χ2n) is 5.11. The molecule has 0 spiro atoms. The Labute approximate surface area is 139 Å². The smallest absolute Gasteiger partial charge is 0.262 e. The van der Waals surface area contributed by atoms with Gasteiger partial charge in [-0.3, -0.25) is 9.52 Å². The molecule has 0 saturated carbocycles. The first-order valence-corrected chi connectivity index (χ1v) is 8.46. The van der Waals surface area contributed by atoms with Gasteiger partial charge >= 0.3 is 0 Å². The van der Waals surface area contributed by atoms with Crippen LogP contribution in [0.3, 0.4) is 0 Å². The molecule has 128 valence electrons. The molecule has 0 heterocycles. The number of hydrogen-bond donors (Lipinski definition) is 2. The number of halogens is 1. The summed E-state index contributed by atoms with van der Waals surface area (Å²) < 4.78 is 46.2. The van der Waals surface area contributed by atoms with Gasteiger partial charge in [0, 0.05) is 12.6 Å². The molecule has 2 aromatic rings. The van der Waals surface area contributed by atoms with E-state index in [2.05, 4.69) is 10.0 Å². The average molecular weight is 352 g/mol. The van der Waals surface area contributed by atoms with E-state index in [-0.39, 0.29) is 22.2 Å². The zero-order chi connectivity index (χ0) is 17.9. The fourth-order valence-corrected chi connectivity index (χ4v) is 3.42. The highest BCUT2D eigenvalue weighted by atomic mass is 32.2. The first-order valence-electron chi connectivity index (χ1n) is 6.97.